The minimum atomic E-state index is -0.858. The summed E-state index contributed by atoms with van der Waals surface area (Å²) in [5.74, 6) is -0.507. The van der Waals surface area contributed by atoms with Gasteiger partial charge in [0.15, 0.2) is 11.5 Å². The van der Waals surface area contributed by atoms with E-state index in [1.54, 1.807) is 32.2 Å². The highest BCUT2D eigenvalue weighted by atomic mass is 16.5. The molecule has 6 heteroatoms. The van der Waals surface area contributed by atoms with Gasteiger partial charge in [-0.3, -0.25) is 4.79 Å². The van der Waals surface area contributed by atoms with Gasteiger partial charge in [-0.2, -0.15) is 0 Å². The third-order valence-corrected chi connectivity index (χ3v) is 3.85. The molecule has 0 saturated carbocycles. The third-order valence-electron chi connectivity index (χ3n) is 3.85. The van der Waals surface area contributed by atoms with Gasteiger partial charge in [0.05, 0.1) is 13.7 Å². The predicted octanol–water partition coefficient (Wildman–Crippen LogP) is 1.91. The number of carbonyl (C=O) groups excluding carboxylic acids is 2. The summed E-state index contributed by atoms with van der Waals surface area (Å²) in [5, 5.41) is 0. The van der Waals surface area contributed by atoms with Crippen LogP contribution in [0, 0.1) is 0 Å². The van der Waals surface area contributed by atoms with Crippen molar-refractivity contribution < 1.29 is 23.8 Å². The Morgan fingerprint density at radius 2 is 1.91 bits per heavy atom. The van der Waals surface area contributed by atoms with Crippen molar-refractivity contribution in [1.29, 1.82) is 0 Å². The van der Waals surface area contributed by atoms with Crippen LogP contribution in [-0.2, 0) is 9.53 Å². The Morgan fingerprint density at radius 1 is 1.22 bits per heavy atom. The van der Waals surface area contributed by atoms with Crippen LogP contribution >= 0.6 is 0 Å². The van der Waals surface area contributed by atoms with Crippen LogP contribution in [-0.4, -0.2) is 56.6 Å². The van der Waals surface area contributed by atoms with Crippen LogP contribution in [0.4, 0.5) is 0 Å². The maximum atomic E-state index is 12.0. The van der Waals surface area contributed by atoms with Crippen LogP contribution in [0.25, 0.3) is 0 Å². The Kier molecular flexibility index (Phi) is 5.98. The number of nitrogens with zero attached hydrogens (tertiary/aromatic N) is 1. The topological polar surface area (TPSA) is 65.1 Å². The van der Waals surface area contributed by atoms with Gasteiger partial charge in [0, 0.05) is 18.7 Å². The molecule has 1 fully saturated rings. The van der Waals surface area contributed by atoms with Gasteiger partial charge in [0.1, 0.15) is 6.10 Å². The number of likely N-dealkylation sites (tertiary alicyclic amines) is 1. The monoisotopic (exact) mass is 321 g/mol. The van der Waals surface area contributed by atoms with Crippen molar-refractivity contribution in [3.05, 3.63) is 23.8 Å². The number of Topliss-reactive ketones (excluding diaryl/α,β-unsaturated/α-hetero) is 1. The molecule has 0 N–H and O–H groups in total. The molecular weight excluding hydrogens is 298 g/mol. The van der Waals surface area contributed by atoms with Gasteiger partial charge in [0.2, 0.25) is 0 Å². The van der Waals surface area contributed by atoms with Gasteiger partial charge in [-0.05, 0) is 45.0 Å². The molecule has 1 saturated heterocycles. The van der Waals surface area contributed by atoms with Crippen LogP contribution in [0.2, 0.25) is 0 Å². The predicted molar refractivity (Wildman–Crippen MR) is 85.1 cm³/mol. The number of methoxy groups -OCH3 is 1. The highest BCUT2D eigenvalue weighted by Crippen LogP contribution is 2.31. The largest absolute Gasteiger partial charge is 0.493 e. The van der Waals surface area contributed by atoms with E-state index in [0.717, 1.165) is 25.9 Å². The molecule has 0 spiro atoms. The van der Waals surface area contributed by atoms with Crippen LogP contribution < -0.4 is 9.47 Å². The molecule has 0 bridgehead atoms. The molecule has 6 nitrogen and oxygen atoms in total. The highest BCUT2D eigenvalue weighted by molar-refractivity contribution is 6.40. The van der Waals surface area contributed by atoms with Gasteiger partial charge in [-0.15, -0.1) is 0 Å². The first-order chi connectivity index (χ1) is 11.0. The number of esters is 1. The second-order valence-corrected chi connectivity index (χ2v) is 5.54. The number of hydrogen-bond donors (Lipinski definition) is 0. The van der Waals surface area contributed by atoms with E-state index in [0.29, 0.717) is 11.5 Å². The summed E-state index contributed by atoms with van der Waals surface area (Å²) < 4.78 is 16.0. The Morgan fingerprint density at radius 3 is 2.52 bits per heavy atom. The Balaban J connectivity index is 2.15. The van der Waals surface area contributed by atoms with Gasteiger partial charge in [0.25, 0.3) is 5.78 Å². The number of piperidine rings is 1. The lowest BCUT2D eigenvalue weighted by molar-refractivity contribution is -0.137. The van der Waals surface area contributed by atoms with Crippen molar-refractivity contribution in [3.8, 4) is 11.5 Å². The highest BCUT2D eigenvalue weighted by Gasteiger charge is 2.22. The van der Waals surface area contributed by atoms with Crippen molar-refractivity contribution in [2.75, 3.05) is 33.9 Å². The molecule has 2 rings (SSSR count). The molecule has 0 aromatic heterocycles. The molecule has 1 aliphatic heterocycles. The number of ketones is 1. The van der Waals surface area contributed by atoms with E-state index in [9.17, 15) is 9.59 Å². The lowest BCUT2D eigenvalue weighted by atomic mass is 10.1. The average Bonchev–Trinajstić information content (AvgIpc) is 2.56. The fourth-order valence-electron chi connectivity index (χ4n) is 2.51. The summed E-state index contributed by atoms with van der Waals surface area (Å²) in [6, 6.07) is 4.73. The van der Waals surface area contributed by atoms with Crippen molar-refractivity contribution in [2.45, 2.75) is 25.9 Å². The first-order valence-corrected chi connectivity index (χ1v) is 7.79. The Hall–Kier alpha value is -2.08. The maximum Gasteiger partial charge on any atom is 0.379 e. The molecule has 0 amide bonds. The fraction of sp³-hybridized carbons (Fsp3) is 0.529. The summed E-state index contributed by atoms with van der Waals surface area (Å²) in [4.78, 5) is 25.9. The smallest absolute Gasteiger partial charge is 0.379 e. The minimum Gasteiger partial charge on any atom is -0.493 e. The molecule has 0 atom stereocenters. The zero-order valence-corrected chi connectivity index (χ0v) is 13.8. The van der Waals surface area contributed by atoms with Gasteiger partial charge in [-0.1, -0.05) is 0 Å². The molecule has 1 aromatic rings. The molecule has 1 aromatic carbocycles. The van der Waals surface area contributed by atoms with E-state index in [-0.39, 0.29) is 18.3 Å². The van der Waals surface area contributed by atoms with Crippen LogP contribution in [0.15, 0.2) is 18.2 Å². The fourth-order valence-corrected chi connectivity index (χ4v) is 2.51. The van der Waals surface area contributed by atoms with Crippen molar-refractivity contribution >= 4 is 11.8 Å². The second-order valence-electron chi connectivity index (χ2n) is 5.54. The molecule has 0 unspecified atom stereocenters. The first-order valence-electron chi connectivity index (χ1n) is 7.79. The number of hydrogen-bond acceptors (Lipinski definition) is 6. The van der Waals surface area contributed by atoms with E-state index in [1.807, 2.05) is 0 Å². The van der Waals surface area contributed by atoms with Crippen LogP contribution in [0.3, 0.4) is 0 Å². The van der Waals surface area contributed by atoms with Crippen molar-refractivity contribution in [2.24, 2.45) is 0 Å². The van der Waals surface area contributed by atoms with Crippen molar-refractivity contribution in [3.63, 3.8) is 0 Å². The average molecular weight is 321 g/mol. The Labute approximate surface area is 136 Å². The van der Waals surface area contributed by atoms with Crippen LogP contribution in [0.1, 0.15) is 30.1 Å². The SMILES string of the molecule is CCOC(=O)C(=O)c1ccc(OC)c(OC2CCN(C)CC2)c1. The van der Waals surface area contributed by atoms with E-state index in [4.69, 9.17) is 14.2 Å². The molecule has 0 aliphatic carbocycles. The number of benzene rings is 1. The first kappa shape index (κ1) is 17.3. The van der Waals surface area contributed by atoms with Gasteiger partial charge < -0.3 is 19.1 Å². The number of carbonyl (C=O) groups is 2. The molecular formula is C17H23NO5. The molecule has 126 valence electrons. The van der Waals surface area contributed by atoms with E-state index < -0.39 is 11.8 Å². The normalized spacial score (nSPS) is 16.0. The summed E-state index contributed by atoms with van der Waals surface area (Å²) >= 11 is 0. The molecule has 0 radical (unpaired) electrons. The molecule has 23 heavy (non-hydrogen) atoms. The molecule has 1 aliphatic rings. The standard InChI is InChI=1S/C17H23NO5/c1-4-22-17(20)16(19)12-5-6-14(21-3)15(11-12)23-13-7-9-18(2)10-8-13/h5-6,11,13H,4,7-10H2,1-3H3. The Bertz CT molecular complexity index is 564. The van der Waals surface area contributed by atoms with Crippen molar-refractivity contribution in [1.82, 2.24) is 4.90 Å². The summed E-state index contributed by atoms with van der Waals surface area (Å²) in [5.41, 5.74) is 0.243. The zero-order chi connectivity index (χ0) is 16.8. The third kappa shape index (κ3) is 4.45. The lowest BCUT2D eigenvalue weighted by Gasteiger charge is -2.29. The lowest BCUT2D eigenvalue weighted by Crippen LogP contribution is -2.35. The van der Waals surface area contributed by atoms with Gasteiger partial charge >= 0.3 is 5.97 Å². The van der Waals surface area contributed by atoms with E-state index >= 15 is 0 Å². The van der Waals surface area contributed by atoms with Gasteiger partial charge in [-0.25, -0.2) is 4.79 Å². The van der Waals surface area contributed by atoms with E-state index in [2.05, 4.69) is 11.9 Å². The summed E-state index contributed by atoms with van der Waals surface area (Å²) in [6.45, 7) is 3.76. The van der Waals surface area contributed by atoms with E-state index in [1.165, 1.54) is 0 Å². The molecule has 1 heterocycles. The quantitative estimate of drug-likeness (QED) is 0.453. The summed E-state index contributed by atoms with van der Waals surface area (Å²) in [6.07, 6.45) is 1.90. The number of rotatable bonds is 6. The minimum absolute atomic E-state index is 0.0769. The zero-order valence-electron chi connectivity index (χ0n) is 13.8. The second kappa shape index (κ2) is 7.97. The van der Waals surface area contributed by atoms with Crippen LogP contribution in [0.5, 0.6) is 11.5 Å². The number of ether oxygens (including phenoxy) is 3. The summed E-state index contributed by atoms with van der Waals surface area (Å²) in [7, 11) is 3.62. The maximum absolute atomic E-state index is 12.0.